The van der Waals surface area contributed by atoms with Gasteiger partial charge in [0.1, 0.15) is 12.3 Å². The molecule has 33 heavy (non-hydrogen) atoms. The summed E-state index contributed by atoms with van der Waals surface area (Å²) >= 11 is 0. The number of amides is 1. The molecule has 0 atom stereocenters. The van der Waals surface area contributed by atoms with Crippen LogP contribution in [0.25, 0.3) is 22.0 Å². The zero-order valence-corrected chi connectivity index (χ0v) is 21.4. The van der Waals surface area contributed by atoms with E-state index in [1.165, 1.54) is 0 Å². The molecule has 3 N–H and O–H groups in total. The van der Waals surface area contributed by atoms with Gasteiger partial charge in [0.05, 0.1) is 24.0 Å². The fourth-order valence-electron chi connectivity index (χ4n) is 3.19. The van der Waals surface area contributed by atoms with Crippen LogP contribution >= 0.6 is 0 Å². The van der Waals surface area contributed by atoms with Gasteiger partial charge in [-0.2, -0.15) is 5.10 Å². The molecule has 9 heteroatoms. The van der Waals surface area contributed by atoms with E-state index in [9.17, 15) is 4.79 Å². The number of carbonyl (C=O) groups is 1. The molecule has 3 rings (SSSR count). The van der Waals surface area contributed by atoms with Gasteiger partial charge in [0, 0.05) is 43.1 Å². The first-order valence-corrected chi connectivity index (χ1v) is 14.9. The highest BCUT2D eigenvalue weighted by molar-refractivity contribution is 6.76. The number of anilines is 1. The molecule has 0 saturated carbocycles. The molecule has 8 nitrogen and oxygen atoms in total. The maximum Gasteiger partial charge on any atom is 0.407 e. The number of pyridine rings is 1. The third-order valence-electron chi connectivity index (χ3n) is 4.97. The van der Waals surface area contributed by atoms with Crippen LogP contribution in [-0.2, 0) is 22.7 Å². The zero-order chi connectivity index (χ0) is 24.2. The first-order valence-electron chi connectivity index (χ1n) is 11.2. The second-order valence-corrected chi connectivity index (χ2v) is 16.0. The molecule has 2 heterocycles. The van der Waals surface area contributed by atoms with Gasteiger partial charge < -0.3 is 20.5 Å². The van der Waals surface area contributed by atoms with E-state index in [1.54, 1.807) is 6.20 Å². The lowest BCUT2D eigenvalue weighted by atomic mass is 10.0. The van der Waals surface area contributed by atoms with Crippen LogP contribution in [0.15, 0.2) is 36.7 Å². The Balaban J connectivity index is 1.66. The minimum absolute atomic E-state index is 0.286. The molecule has 0 bridgehead atoms. The second kappa shape index (κ2) is 9.92. The van der Waals surface area contributed by atoms with E-state index in [0.717, 1.165) is 40.4 Å². The Kier molecular flexibility index (Phi) is 7.43. The third-order valence-corrected chi connectivity index (χ3v) is 6.68. The molecule has 0 unspecified atom stereocenters. The lowest BCUT2D eigenvalue weighted by Crippen LogP contribution is -2.32. The Labute approximate surface area is 196 Å². The number of fused-ring (bicyclic) bond motifs is 1. The van der Waals surface area contributed by atoms with Crippen molar-refractivity contribution < 1.29 is 14.3 Å². The van der Waals surface area contributed by atoms with Crippen LogP contribution in [0.1, 0.15) is 26.5 Å². The predicted octanol–water partition coefficient (Wildman–Crippen LogP) is 5.02. The Hall–Kier alpha value is -2.91. The fourth-order valence-corrected chi connectivity index (χ4v) is 3.95. The number of hydrogen-bond donors (Lipinski definition) is 2. The first-order chi connectivity index (χ1) is 15.4. The summed E-state index contributed by atoms with van der Waals surface area (Å²) in [6.07, 6.45) is 3.12. The molecule has 1 aromatic carbocycles. The monoisotopic (exact) mass is 469 g/mol. The van der Waals surface area contributed by atoms with E-state index in [1.807, 2.05) is 55.9 Å². The van der Waals surface area contributed by atoms with Crippen molar-refractivity contribution in [3.63, 3.8) is 0 Å². The molecule has 1 amide bonds. The van der Waals surface area contributed by atoms with E-state index >= 15 is 0 Å². The summed E-state index contributed by atoms with van der Waals surface area (Å²) in [6.45, 7) is 13.9. The molecule has 0 radical (unpaired) electrons. The number of benzene rings is 1. The van der Waals surface area contributed by atoms with Crippen molar-refractivity contribution in [2.24, 2.45) is 0 Å². The summed E-state index contributed by atoms with van der Waals surface area (Å²) < 4.78 is 12.9. The van der Waals surface area contributed by atoms with Crippen LogP contribution in [0.4, 0.5) is 10.5 Å². The van der Waals surface area contributed by atoms with Gasteiger partial charge in [0.2, 0.25) is 0 Å². The van der Waals surface area contributed by atoms with Crippen LogP contribution in [0.3, 0.4) is 0 Å². The molecule has 0 aliphatic rings. The molecule has 0 aliphatic carbocycles. The molecule has 178 valence electrons. The topological polar surface area (TPSA) is 104 Å². The number of nitrogens with two attached hydrogens (primary N) is 1. The quantitative estimate of drug-likeness (QED) is 0.273. The van der Waals surface area contributed by atoms with Crippen molar-refractivity contribution in [1.29, 1.82) is 0 Å². The van der Waals surface area contributed by atoms with Gasteiger partial charge in [-0.25, -0.2) is 9.48 Å². The summed E-state index contributed by atoms with van der Waals surface area (Å²) in [5.74, 6) is 0. The number of carbonyl (C=O) groups excluding carboxylic acids is 1. The van der Waals surface area contributed by atoms with E-state index in [2.05, 4.69) is 35.0 Å². The van der Waals surface area contributed by atoms with Gasteiger partial charge in [-0.05, 0) is 45.0 Å². The summed E-state index contributed by atoms with van der Waals surface area (Å²) in [7, 11) is -1.12. The summed E-state index contributed by atoms with van der Waals surface area (Å²) in [5, 5.41) is 8.17. The van der Waals surface area contributed by atoms with E-state index in [0.29, 0.717) is 12.4 Å². The maximum atomic E-state index is 11.8. The Morgan fingerprint density at radius 2 is 1.94 bits per heavy atom. The number of nitrogens with zero attached hydrogens (tertiary/aromatic N) is 3. The average molecular weight is 470 g/mol. The molecular weight excluding hydrogens is 434 g/mol. The molecular formula is C24H35N5O3Si. The Morgan fingerprint density at radius 3 is 2.58 bits per heavy atom. The largest absolute Gasteiger partial charge is 0.444 e. The second-order valence-electron chi connectivity index (χ2n) is 10.4. The van der Waals surface area contributed by atoms with Gasteiger partial charge in [0.25, 0.3) is 0 Å². The SMILES string of the molecule is CC(C)(C)OC(=O)NCc1ccc(-c2cc3cnn(COCC[Si](C)(C)C)c3cc2N)cn1. The van der Waals surface area contributed by atoms with Gasteiger partial charge in [-0.1, -0.05) is 25.7 Å². The van der Waals surface area contributed by atoms with Gasteiger partial charge in [-0.15, -0.1) is 0 Å². The van der Waals surface area contributed by atoms with Crippen molar-refractivity contribution in [2.45, 2.75) is 65.3 Å². The number of rotatable bonds is 8. The number of aromatic nitrogens is 3. The molecule has 0 aliphatic heterocycles. The van der Waals surface area contributed by atoms with Crippen LogP contribution in [-0.4, -0.2) is 41.1 Å². The van der Waals surface area contributed by atoms with Crippen LogP contribution in [0.2, 0.25) is 25.7 Å². The lowest BCUT2D eigenvalue weighted by Gasteiger charge is -2.19. The summed E-state index contributed by atoms with van der Waals surface area (Å²) in [6, 6.07) is 8.88. The summed E-state index contributed by atoms with van der Waals surface area (Å²) in [4.78, 5) is 16.3. The average Bonchev–Trinajstić information content (AvgIpc) is 3.09. The minimum atomic E-state index is -1.12. The number of hydrogen-bond acceptors (Lipinski definition) is 6. The first kappa shape index (κ1) is 24.7. The molecule has 3 aromatic rings. The van der Waals surface area contributed by atoms with Crippen LogP contribution in [0, 0.1) is 0 Å². The zero-order valence-electron chi connectivity index (χ0n) is 20.4. The molecule has 0 fully saturated rings. The van der Waals surface area contributed by atoms with Crippen molar-refractivity contribution in [1.82, 2.24) is 20.1 Å². The maximum absolute atomic E-state index is 11.8. The van der Waals surface area contributed by atoms with E-state index < -0.39 is 19.8 Å². The smallest absolute Gasteiger partial charge is 0.407 e. The summed E-state index contributed by atoms with van der Waals surface area (Å²) in [5.41, 5.74) is 9.94. The number of ether oxygens (including phenoxy) is 2. The highest BCUT2D eigenvalue weighted by atomic mass is 28.3. The highest BCUT2D eigenvalue weighted by Gasteiger charge is 2.16. The minimum Gasteiger partial charge on any atom is -0.444 e. The van der Waals surface area contributed by atoms with Crippen LogP contribution < -0.4 is 11.1 Å². The highest BCUT2D eigenvalue weighted by Crippen LogP contribution is 2.30. The number of nitrogen functional groups attached to an aromatic ring is 1. The molecule has 2 aromatic heterocycles. The fraction of sp³-hybridized carbons (Fsp3) is 0.458. The van der Waals surface area contributed by atoms with E-state index in [4.69, 9.17) is 15.2 Å². The number of alkyl carbamates (subject to hydrolysis) is 1. The third kappa shape index (κ3) is 7.30. The Morgan fingerprint density at radius 1 is 1.18 bits per heavy atom. The van der Waals surface area contributed by atoms with Gasteiger partial charge in [-0.3, -0.25) is 4.98 Å². The number of nitrogens with one attached hydrogen (secondary N) is 1. The van der Waals surface area contributed by atoms with Crippen molar-refractivity contribution in [3.05, 3.63) is 42.4 Å². The Bertz CT molecular complexity index is 1100. The normalized spacial score (nSPS) is 12.2. The van der Waals surface area contributed by atoms with Gasteiger partial charge in [0.15, 0.2) is 0 Å². The van der Waals surface area contributed by atoms with E-state index in [-0.39, 0.29) is 6.54 Å². The predicted molar refractivity (Wildman–Crippen MR) is 135 cm³/mol. The standard InChI is InChI=1S/C24H35N5O3Si/c1-24(2,3)32-23(30)27-15-19-8-7-17(13-26-19)20-11-18-14-28-29(22(18)12-21(20)25)16-31-9-10-33(4,5)6/h7-8,11-14H,9-10,15-16,25H2,1-6H3,(H,27,30). The molecule has 0 spiro atoms. The lowest BCUT2D eigenvalue weighted by molar-refractivity contribution is 0.0523. The van der Waals surface area contributed by atoms with Crippen molar-refractivity contribution in [2.75, 3.05) is 12.3 Å². The van der Waals surface area contributed by atoms with Crippen molar-refractivity contribution >= 4 is 30.8 Å². The van der Waals surface area contributed by atoms with Gasteiger partial charge >= 0.3 is 6.09 Å². The molecule has 0 saturated heterocycles. The van der Waals surface area contributed by atoms with Crippen molar-refractivity contribution in [3.8, 4) is 11.1 Å². The van der Waals surface area contributed by atoms with Crippen LogP contribution in [0.5, 0.6) is 0 Å².